The summed E-state index contributed by atoms with van der Waals surface area (Å²) in [5, 5.41) is 2.83. The number of hydrogen-bond acceptors (Lipinski definition) is 7. The van der Waals surface area contributed by atoms with Gasteiger partial charge in [0.2, 0.25) is 5.13 Å². The van der Waals surface area contributed by atoms with Crippen molar-refractivity contribution < 1.29 is 17.9 Å². The molecule has 0 radical (unpaired) electrons. The zero-order valence-corrected chi connectivity index (χ0v) is 17.1. The van der Waals surface area contributed by atoms with Gasteiger partial charge in [0.1, 0.15) is 17.3 Å². The first-order valence-electron chi connectivity index (χ1n) is 8.94. The summed E-state index contributed by atoms with van der Waals surface area (Å²) in [6.45, 7) is 7.44. The molecule has 10 heteroatoms. The summed E-state index contributed by atoms with van der Waals surface area (Å²) >= 11 is 0.933. The number of nitrogens with one attached hydrogen (secondary N) is 1. The number of anilines is 2. The van der Waals surface area contributed by atoms with Crippen molar-refractivity contribution >= 4 is 22.5 Å². The number of halogens is 3. The zero-order valence-electron chi connectivity index (χ0n) is 16.3. The molecule has 0 bridgehead atoms. The van der Waals surface area contributed by atoms with Crippen LogP contribution in [-0.2, 0) is 6.18 Å². The fourth-order valence-corrected chi connectivity index (χ4v) is 3.02. The third-order valence-electron chi connectivity index (χ3n) is 3.87. The summed E-state index contributed by atoms with van der Waals surface area (Å²) in [7, 11) is 0. The molecule has 0 amide bonds. The standard InChI is InChI=1S/C19H20F3N5OS/c1-10(2)12-7-14(19(20,21)22)16(24-8-12)25-18-26-17(27-29-18)15-6-5-13(9-23-15)28-11(3)4/h5-11H,1-4H3,(H,24,25,26,27). The molecule has 3 heterocycles. The van der Waals surface area contributed by atoms with E-state index < -0.39 is 11.7 Å². The van der Waals surface area contributed by atoms with Crippen LogP contribution in [-0.4, -0.2) is 25.4 Å². The summed E-state index contributed by atoms with van der Waals surface area (Å²) < 4.78 is 50.1. The molecule has 0 fully saturated rings. The van der Waals surface area contributed by atoms with Crippen molar-refractivity contribution in [2.24, 2.45) is 0 Å². The Balaban J connectivity index is 1.83. The highest BCUT2D eigenvalue weighted by Crippen LogP contribution is 2.37. The zero-order chi connectivity index (χ0) is 21.2. The van der Waals surface area contributed by atoms with Crippen molar-refractivity contribution in [2.45, 2.75) is 45.9 Å². The first-order chi connectivity index (χ1) is 13.6. The topological polar surface area (TPSA) is 72.8 Å². The molecule has 0 aliphatic carbocycles. The van der Waals surface area contributed by atoms with E-state index in [1.807, 2.05) is 27.7 Å². The van der Waals surface area contributed by atoms with E-state index in [1.165, 1.54) is 6.20 Å². The number of aromatic nitrogens is 4. The highest BCUT2D eigenvalue weighted by Gasteiger charge is 2.35. The van der Waals surface area contributed by atoms with Gasteiger partial charge in [0.05, 0.1) is 17.9 Å². The lowest BCUT2D eigenvalue weighted by molar-refractivity contribution is -0.137. The maximum atomic E-state index is 13.5. The highest BCUT2D eigenvalue weighted by molar-refractivity contribution is 7.09. The van der Waals surface area contributed by atoms with Crippen molar-refractivity contribution in [2.75, 3.05) is 5.32 Å². The van der Waals surface area contributed by atoms with Crippen molar-refractivity contribution in [1.29, 1.82) is 0 Å². The van der Waals surface area contributed by atoms with Crippen LogP contribution in [0.5, 0.6) is 5.75 Å². The number of pyridine rings is 2. The van der Waals surface area contributed by atoms with Crippen LogP contribution in [0.3, 0.4) is 0 Å². The lowest BCUT2D eigenvalue weighted by Gasteiger charge is -2.15. The molecule has 0 unspecified atom stereocenters. The molecular weight excluding hydrogens is 403 g/mol. The minimum Gasteiger partial charge on any atom is -0.489 e. The third kappa shape index (κ3) is 5.20. The predicted molar refractivity (Wildman–Crippen MR) is 106 cm³/mol. The Morgan fingerprint density at radius 3 is 2.41 bits per heavy atom. The average molecular weight is 423 g/mol. The largest absolute Gasteiger partial charge is 0.489 e. The van der Waals surface area contributed by atoms with E-state index in [-0.39, 0.29) is 23.0 Å². The number of ether oxygens (including phenoxy) is 1. The molecule has 0 aliphatic heterocycles. The minimum absolute atomic E-state index is 0.0215. The van der Waals surface area contributed by atoms with Gasteiger partial charge in [-0.3, -0.25) is 0 Å². The average Bonchev–Trinajstić information content (AvgIpc) is 3.09. The Morgan fingerprint density at radius 2 is 1.83 bits per heavy atom. The lowest BCUT2D eigenvalue weighted by Crippen LogP contribution is -2.11. The lowest BCUT2D eigenvalue weighted by atomic mass is 10.0. The smallest absolute Gasteiger partial charge is 0.419 e. The first kappa shape index (κ1) is 21.0. The highest BCUT2D eigenvalue weighted by atomic mass is 32.1. The van der Waals surface area contributed by atoms with Gasteiger partial charge in [0, 0.05) is 17.7 Å². The monoisotopic (exact) mass is 423 g/mol. The van der Waals surface area contributed by atoms with Crippen molar-refractivity contribution in [3.05, 3.63) is 41.7 Å². The SMILES string of the molecule is CC(C)Oc1ccc(-c2nsc(Nc3ncc(C(C)C)cc3C(F)(F)F)n2)nc1. The van der Waals surface area contributed by atoms with Crippen LogP contribution in [0.15, 0.2) is 30.6 Å². The van der Waals surface area contributed by atoms with Gasteiger partial charge >= 0.3 is 6.18 Å². The molecule has 3 aromatic rings. The predicted octanol–water partition coefficient (Wildman–Crippen LogP) is 5.67. The van der Waals surface area contributed by atoms with E-state index in [1.54, 1.807) is 18.3 Å². The minimum atomic E-state index is -4.54. The Kier molecular flexibility index (Phi) is 6.02. The normalized spacial score (nSPS) is 11.9. The van der Waals surface area contributed by atoms with Crippen molar-refractivity contribution in [3.63, 3.8) is 0 Å². The van der Waals surface area contributed by atoms with Gasteiger partial charge in [-0.2, -0.15) is 22.5 Å². The summed E-state index contributed by atoms with van der Waals surface area (Å²) in [5.74, 6) is 0.542. The quantitative estimate of drug-likeness (QED) is 0.551. The second-order valence-corrected chi connectivity index (χ2v) is 7.66. The molecule has 0 atom stereocenters. The van der Waals surface area contributed by atoms with Gasteiger partial charge in [-0.25, -0.2) is 9.97 Å². The summed E-state index contributed by atoms with van der Waals surface area (Å²) in [4.78, 5) is 12.4. The van der Waals surface area contributed by atoms with Crippen molar-refractivity contribution in [1.82, 2.24) is 19.3 Å². The fraction of sp³-hybridized carbons (Fsp3) is 0.368. The fourth-order valence-electron chi connectivity index (χ4n) is 2.45. The summed E-state index contributed by atoms with van der Waals surface area (Å²) in [6.07, 6.45) is -1.54. The third-order valence-corrected chi connectivity index (χ3v) is 4.50. The molecule has 0 saturated carbocycles. The van der Waals surface area contributed by atoms with E-state index in [9.17, 15) is 13.2 Å². The number of hydrogen-bond donors (Lipinski definition) is 1. The molecule has 0 saturated heterocycles. The summed E-state index contributed by atoms with van der Waals surface area (Å²) in [6, 6.07) is 4.54. The second kappa shape index (κ2) is 8.32. The molecule has 0 spiro atoms. The molecule has 6 nitrogen and oxygen atoms in total. The van der Waals surface area contributed by atoms with Crippen LogP contribution >= 0.6 is 11.5 Å². The second-order valence-electron chi connectivity index (χ2n) is 6.91. The van der Waals surface area contributed by atoms with Gasteiger partial charge in [0.15, 0.2) is 5.82 Å². The number of alkyl halides is 3. The van der Waals surface area contributed by atoms with Crippen LogP contribution in [0.25, 0.3) is 11.5 Å². The Labute approximate surface area is 170 Å². The van der Waals surface area contributed by atoms with Gasteiger partial charge in [0.25, 0.3) is 0 Å². The molecular formula is C19H20F3N5OS. The maximum absolute atomic E-state index is 13.5. The molecule has 1 N–H and O–H groups in total. The Hall–Kier alpha value is -2.75. The molecule has 154 valence electrons. The molecule has 0 aliphatic rings. The maximum Gasteiger partial charge on any atom is 0.419 e. The Bertz CT molecular complexity index is 971. The van der Waals surface area contributed by atoms with E-state index in [2.05, 4.69) is 24.6 Å². The van der Waals surface area contributed by atoms with Crippen molar-refractivity contribution in [3.8, 4) is 17.3 Å². The van der Waals surface area contributed by atoms with Gasteiger partial charge in [-0.05, 0) is 43.5 Å². The number of nitrogens with zero attached hydrogens (tertiary/aromatic N) is 4. The molecule has 0 aromatic carbocycles. The first-order valence-corrected chi connectivity index (χ1v) is 9.71. The summed E-state index contributed by atoms with van der Waals surface area (Å²) in [5.41, 5.74) is 0.159. The molecule has 3 aromatic heterocycles. The molecule has 29 heavy (non-hydrogen) atoms. The van der Waals surface area contributed by atoms with Gasteiger partial charge in [-0.15, -0.1) is 0 Å². The van der Waals surface area contributed by atoms with Crippen LogP contribution < -0.4 is 10.1 Å². The van der Waals surface area contributed by atoms with Crippen LogP contribution in [0.4, 0.5) is 24.1 Å². The Morgan fingerprint density at radius 1 is 1.07 bits per heavy atom. The van der Waals surface area contributed by atoms with Crippen LogP contribution in [0, 0.1) is 0 Å². The van der Waals surface area contributed by atoms with Gasteiger partial charge < -0.3 is 10.1 Å². The van der Waals surface area contributed by atoms with Gasteiger partial charge in [-0.1, -0.05) is 13.8 Å². The molecule has 3 rings (SSSR count). The van der Waals surface area contributed by atoms with Crippen LogP contribution in [0.1, 0.15) is 44.7 Å². The number of rotatable bonds is 6. The van der Waals surface area contributed by atoms with E-state index in [4.69, 9.17) is 4.74 Å². The van der Waals surface area contributed by atoms with E-state index in [0.717, 1.165) is 17.6 Å². The van der Waals surface area contributed by atoms with E-state index >= 15 is 0 Å². The van der Waals surface area contributed by atoms with Crippen LogP contribution in [0.2, 0.25) is 0 Å². The van der Waals surface area contributed by atoms with E-state index in [0.29, 0.717) is 22.8 Å².